The molecule has 0 N–H and O–H groups in total. The van der Waals surface area contributed by atoms with Crippen molar-refractivity contribution in [1.29, 1.82) is 0 Å². The second kappa shape index (κ2) is 8.83. The maximum Gasteiger partial charge on any atom is 0.240 e. The molecule has 0 radical (unpaired) electrons. The van der Waals surface area contributed by atoms with E-state index in [0.29, 0.717) is 13.2 Å². The topological polar surface area (TPSA) is 56.6 Å². The fraction of sp³-hybridized carbons (Fsp3) is 0.304. The first-order valence-electron chi connectivity index (χ1n) is 9.96. The van der Waals surface area contributed by atoms with Crippen LogP contribution in [-0.4, -0.2) is 47.7 Å². The van der Waals surface area contributed by atoms with Gasteiger partial charge >= 0.3 is 0 Å². The highest BCUT2D eigenvalue weighted by molar-refractivity contribution is 8.00. The Morgan fingerprint density at radius 2 is 1.87 bits per heavy atom. The van der Waals surface area contributed by atoms with E-state index in [1.807, 2.05) is 54.7 Å². The van der Waals surface area contributed by atoms with Crippen molar-refractivity contribution in [3.63, 3.8) is 0 Å². The lowest BCUT2D eigenvalue weighted by Gasteiger charge is -2.21. The molecule has 2 heterocycles. The van der Waals surface area contributed by atoms with E-state index in [2.05, 4.69) is 16.5 Å². The summed E-state index contributed by atoms with van der Waals surface area (Å²) in [4.78, 5) is 19.2. The molecule has 0 unspecified atom stereocenters. The van der Waals surface area contributed by atoms with Crippen molar-refractivity contribution in [1.82, 2.24) is 14.5 Å². The Morgan fingerprint density at radius 3 is 2.57 bits per heavy atom. The molecule has 0 spiro atoms. The third kappa shape index (κ3) is 4.03. The van der Waals surface area contributed by atoms with E-state index in [9.17, 15) is 4.79 Å². The van der Waals surface area contributed by atoms with Crippen LogP contribution in [0.15, 0.2) is 59.9 Å². The van der Waals surface area contributed by atoms with Crippen molar-refractivity contribution in [3.05, 3.63) is 60.3 Å². The van der Waals surface area contributed by atoms with Gasteiger partial charge in [0.2, 0.25) is 5.91 Å². The molecule has 0 bridgehead atoms. The van der Waals surface area contributed by atoms with Gasteiger partial charge in [-0.05, 0) is 30.7 Å². The van der Waals surface area contributed by atoms with Crippen LogP contribution in [0.5, 0.6) is 11.5 Å². The molecule has 3 aromatic rings. The smallest absolute Gasteiger partial charge is 0.240 e. The SMILES string of the molecule is CCn1c(-c2ccc3c(c2)OCCO3)cnc1S[C@H](C(=O)N(C)C)c1ccccc1. The maximum atomic E-state index is 12.9. The highest BCUT2D eigenvalue weighted by atomic mass is 32.2. The highest BCUT2D eigenvalue weighted by Crippen LogP contribution is 2.39. The molecule has 1 atom stereocenters. The first-order valence-corrected chi connectivity index (χ1v) is 10.8. The van der Waals surface area contributed by atoms with Gasteiger partial charge in [-0.25, -0.2) is 4.98 Å². The standard InChI is InChI=1S/C23H25N3O3S/c1-4-26-18(17-10-11-19-20(14-17)29-13-12-28-19)15-24-23(26)30-21(22(27)25(2)3)16-8-6-5-7-9-16/h5-11,14-15,21H,4,12-13H2,1-3H3/t21-/m0/s1. The van der Waals surface area contributed by atoms with E-state index in [4.69, 9.17) is 9.47 Å². The molecular weight excluding hydrogens is 398 g/mol. The Morgan fingerprint density at radius 1 is 1.13 bits per heavy atom. The highest BCUT2D eigenvalue weighted by Gasteiger charge is 2.26. The Balaban J connectivity index is 1.68. The molecule has 2 aromatic carbocycles. The van der Waals surface area contributed by atoms with Crippen LogP contribution < -0.4 is 9.47 Å². The van der Waals surface area contributed by atoms with E-state index in [-0.39, 0.29) is 11.2 Å². The maximum absolute atomic E-state index is 12.9. The van der Waals surface area contributed by atoms with Crippen LogP contribution in [0.2, 0.25) is 0 Å². The average Bonchev–Trinajstić information content (AvgIpc) is 3.19. The summed E-state index contributed by atoms with van der Waals surface area (Å²) in [7, 11) is 3.57. The fourth-order valence-corrected chi connectivity index (χ4v) is 4.70. The molecule has 156 valence electrons. The molecule has 4 rings (SSSR count). The number of ether oxygens (including phenoxy) is 2. The number of fused-ring (bicyclic) bond motifs is 1. The Labute approximate surface area is 180 Å². The minimum atomic E-state index is -0.359. The van der Waals surface area contributed by atoms with Crippen LogP contribution >= 0.6 is 11.8 Å². The number of likely N-dealkylation sites (N-methyl/N-ethyl adjacent to an activating group) is 1. The summed E-state index contributed by atoms with van der Waals surface area (Å²) in [6, 6.07) is 15.8. The van der Waals surface area contributed by atoms with Gasteiger partial charge in [0.1, 0.15) is 18.5 Å². The number of benzene rings is 2. The molecule has 0 aliphatic carbocycles. The number of hydrogen-bond donors (Lipinski definition) is 0. The van der Waals surface area contributed by atoms with Crippen molar-refractivity contribution >= 4 is 17.7 Å². The first kappa shape index (κ1) is 20.3. The van der Waals surface area contributed by atoms with Crippen molar-refractivity contribution in [2.75, 3.05) is 27.3 Å². The monoisotopic (exact) mass is 423 g/mol. The van der Waals surface area contributed by atoms with E-state index < -0.39 is 0 Å². The van der Waals surface area contributed by atoms with Gasteiger partial charge in [-0.15, -0.1) is 0 Å². The molecule has 30 heavy (non-hydrogen) atoms. The number of hydrogen-bond acceptors (Lipinski definition) is 5. The predicted octanol–water partition coefficient (Wildman–Crippen LogP) is 4.26. The number of carbonyl (C=O) groups excluding carboxylic acids is 1. The lowest BCUT2D eigenvalue weighted by atomic mass is 10.1. The number of nitrogens with zero attached hydrogens (tertiary/aromatic N) is 3. The average molecular weight is 424 g/mol. The summed E-state index contributed by atoms with van der Waals surface area (Å²) in [6.45, 7) is 3.94. The van der Waals surface area contributed by atoms with Crippen molar-refractivity contribution in [2.24, 2.45) is 0 Å². The van der Waals surface area contributed by atoms with Crippen LogP contribution in [0.4, 0.5) is 0 Å². The molecular formula is C23H25N3O3S. The summed E-state index contributed by atoms with van der Waals surface area (Å²) in [5.41, 5.74) is 2.96. The van der Waals surface area contributed by atoms with Crippen LogP contribution in [0.25, 0.3) is 11.3 Å². The predicted molar refractivity (Wildman–Crippen MR) is 118 cm³/mol. The van der Waals surface area contributed by atoms with E-state index in [0.717, 1.165) is 40.0 Å². The van der Waals surface area contributed by atoms with Gasteiger partial charge in [-0.3, -0.25) is 4.79 Å². The zero-order valence-electron chi connectivity index (χ0n) is 17.4. The van der Waals surface area contributed by atoms with Crippen LogP contribution in [0.3, 0.4) is 0 Å². The third-order valence-electron chi connectivity index (χ3n) is 4.96. The van der Waals surface area contributed by atoms with E-state index in [1.165, 1.54) is 11.8 Å². The molecule has 0 saturated heterocycles. The Hall–Kier alpha value is -2.93. The van der Waals surface area contributed by atoms with Crippen LogP contribution in [0.1, 0.15) is 17.7 Å². The number of imidazole rings is 1. The molecule has 0 saturated carbocycles. The van der Waals surface area contributed by atoms with Gasteiger partial charge in [-0.2, -0.15) is 0 Å². The quantitative estimate of drug-likeness (QED) is 0.555. The van der Waals surface area contributed by atoms with Gasteiger partial charge in [0.25, 0.3) is 0 Å². The van der Waals surface area contributed by atoms with Gasteiger partial charge in [0.15, 0.2) is 16.7 Å². The van der Waals surface area contributed by atoms with Crippen LogP contribution in [-0.2, 0) is 11.3 Å². The first-order chi connectivity index (χ1) is 14.6. The number of amides is 1. The number of thioether (sulfide) groups is 1. The molecule has 0 fully saturated rings. The Bertz CT molecular complexity index is 1030. The summed E-state index contributed by atoms with van der Waals surface area (Å²) in [5.74, 6) is 1.56. The lowest BCUT2D eigenvalue weighted by Crippen LogP contribution is -2.27. The minimum absolute atomic E-state index is 0.0396. The molecule has 1 aliphatic heterocycles. The van der Waals surface area contributed by atoms with E-state index in [1.54, 1.807) is 19.0 Å². The fourth-order valence-electron chi connectivity index (χ4n) is 3.42. The summed E-state index contributed by atoms with van der Waals surface area (Å²) < 4.78 is 13.5. The second-order valence-corrected chi connectivity index (χ2v) is 8.24. The third-order valence-corrected chi connectivity index (χ3v) is 6.21. The molecule has 6 nitrogen and oxygen atoms in total. The van der Waals surface area contributed by atoms with Crippen LogP contribution in [0, 0.1) is 0 Å². The number of aromatic nitrogens is 2. The normalized spacial score (nSPS) is 13.7. The Kier molecular flexibility index (Phi) is 5.99. The summed E-state index contributed by atoms with van der Waals surface area (Å²) >= 11 is 1.48. The number of rotatable bonds is 6. The van der Waals surface area contributed by atoms with Gasteiger partial charge in [-0.1, -0.05) is 42.1 Å². The molecule has 1 aliphatic rings. The number of carbonyl (C=O) groups is 1. The summed E-state index contributed by atoms with van der Waals surface area (Å²) in [5, 5.41) is 0.452. The van der Waals surface area contributed by atoms with Gasteiger partial charge < -0.3 is 18.9 Å². The zero-order valence-corrected chi connectivity index (χ0v) is 18.2. The largest absolute Gasteiger partial charge is 0.486 e. The minimum Gasteiger partial charge on any atom is -0.486 e. The molecule has 7 heteroatoms. The molecule has 1 amide bonds. The van der Waals surface area contributed by atoms with Crippen molar-refractivity contribution < 1.29 is 14.3 Å². The van der Waals surface area contributed by atoms with E-state index >= 15 is 0 Å². The summed E-state index contributed by atoms with van der Waals surface area (Å²) in [6.07, 6.45) is 1.86. The van der Waals surface area contributed by atoms with Gasteiger partial charge in [0, 0.05) is 26.2 Å². The van der Waals surface area contributed by atoms with Gasteiger partial charge in [0.05, 0.1) is 11.9 Å². The van der Waals surface area contributed by atoms with Crippen molar-refractivity contribution in [3.8, 4) is 22.8 Å². The zero-order chi connectivity index (χ0) is 21.1. The van der Waals surface area contributed by atoms with Crippen molar-refractivity contribution in [2.45, 2.75) is 23.9 Å². The lowest BCUT2D eigenvalue weighted by molar-refractivity contribution is -0.128. The molecule has 1 aromatic heterocycles. The second-order valence-electron chi connectivity index (χ2n) is 7.17.